The molecule has 2 aromatic rings. The van der Waals surface area contributed by atoms with Gasteiger partial charge in [0.1, 0.15) is 11.5 Å². The topological polar surface area (TPSA) is 79.7 Å². The standard InChI is InChI=1S/C25H30ClN5O3/c1-16(29-11-18-14-34-15-19(18)12-29)7-8-24(32)30-10-17(2)31-22(9-27-23(31)13-30)25(33)28-21-6-4-3-5-20(21)26/h3-9,16-19H,10-15H2,1-2H3,(H,28,33)/b8-7+/t16?,17-,18-,19+/m1/s1. The van der Waals surface area contributed by atoms with Crippen LogP contribution in [0, 0.1) is 11.8 Å². The lowest BCUT2D eigenvalue weighted by molar-refractivity contribution is -0.128. The summed E-state index contributed by atoms with van der Waals surface area (Å²) in [5, 5.41) is 3.33. The molecule has 1 N–H and O–H groups in total. The summed E-state index contributed by atoms with van der Waals surface area (Å²) in [6.07, 6.45) is 5.25. The van der Waals surface area contributed by atoms with E-state index in [0.717, 1.165) is 26.3 Å². The first kappa shape index (κ1) is 23.1. The summed E-state index contributed by atoms with van der Waals surface area (Å²) >= 11 is 6.18. The molecule has 3 aliphatic heterocycles. The third kappa shape index (κ3) is 4.50. The van der Waals surface area contributed by atoms with Crippen molar-refractivity contribution in [1.29, 1.82) is 0 Å². The normalized spacial score (nSPS) is 25.4. The van der Waals surface area contributed by atoms with E-state index in [-0.39, 0.29) is 23.9 Å². The van der Waals surface area contributed by atoms with Crippen LogP contribution in [-0.2, 0) is 16.1 Å². The van der Waals surface area contributed by atoms with Crippen LogP contribution in [0.3, 0.4) is 0 Å². The lowest BCUT2D eigenvalue weighted by Crippen LogP contribution is -2.41. The maximum absolute atomic E-state index is 13.0. The van der Waals surface area contributed by atoms with Crippen LogP contribution < -0.4 is 5.32 Å². The van der Waals surface area contributed by atoms with Crippen LogP contribution in [0.25, 0.3) is 0 Å². The van der Waals surface area contributed by atoms with Crippen molar-refractivity contribution in [2.24, 2.45) is 11.8 Å². The number of benzene rings is 1. The Morgan fingerprint density at radius 1 is 1.21 bits per heavy atom. The van der Waals surface area contributed by atoms with Gasteiger partial charge in [0.2, 0.25) is 5.91 Å². The van der Waals surface area contributed by atoms with Crippen LogP contribution in [0.15, 0.2) is 42.6 Å². The number of hydrogen-bond acceptors (Lipinski definition) is 5. The van der Waals surface area contributed by atoms with Crippen LogP contribution >= 0.6 is 11.6 Å². The van der Waals surface area contributed by atoms with Crippen molar-refractivity contribution >= 4 is 29.1 Å². The van der Waals surface area contributed by atoms with Gasteiger partial charge in [-0.15, -0.1) is 0 Å². The maximum Gasteiger partial charge on any atom is 0.273 e. The number of nitrogens with one attached hydrogen (secondary N) is 1. The van der Waals surface area contributed by atoms with Gasteiger partial charge in [0, 0.05) is 43.6 Å². The fourth-order valence-electron chi connectivity index (χ4n) is 5.23. The highest BCUT2D eigenvalue weighted by atomic mass is 35.5. The van der Waals surface area contributed by atoms with Crippen LogP contribution in [0.1, 0.15) is 36.2 Å². The summed E-state index contributed by atoms with van der Waals surface area (Å²) in [5.74, 6) is 1.64. The quantitative estimate of drug-likeness (QED) is 0.660. The fourth-order valence-corrected chi connectivity index (χ4v) is 5.42. The predicted molar refractivity (Wildman–Crippen MR) is 130 cm³/mol. The number of fused-ring (bicyclic) bond motifs is 2. The lowest BCUT2D eigenvalue weighted by atomic mass is 10.0. The summed E-state index contributed by atoms with van der Waals surface area (Å²) in [4.78, 5) is 34.5. The van der Waals surface area contributed by atoms with Gasteiger partial charge < -0.3 is 19.5 Å². The molecular weight excluding hydrogens is 454 g/mol. The largest absolute Gasteiger partial charge is 0.381 e. The molecule has 2 amide bonds. The molecule has 2 fully saturated rings. The van der Waals surface area contributed by atoms with Crippen molar-refractivity contribution in [3.63, 3.8) is 0 Å². The first-order valence-corrected chi connectivity index (χ1v) is 12.2. The molecule has 4 heterocycles. The number of nitrogens with zero attached hydrogens (tertiary/aromatic N) is 4. The number of carbonyl (C=O) groups excluding carboxylic acids is 2. The van der Waals surface area contributed by atoms with Crippen LogP contribution in [0.4, 0.5) is 5.69 Å². The number of imidazole rings is 1. The average molecular weight is 484 g/mol. The van der Waals surface area contributed by atoms with Crippen molar-refractivity contribution in [2.75, 3.05) is 38.2 Å². The van der Waals surface area contributed by atoms with Crippen molar-refractivity contribution < 1.29 is 14.3 Å². The molecule has 8 nitrogen and oxygen atoms in total. The SMILES string of the molecule is CC(/C=C/C(=O)N1Cc2ncc(C(=O)Nc3ccccc3Cl)n2[C@H](C)C1)N1C[C@H]2COC[C@H]2C1. The van der Waals surface area contributed by atoms with Crippen molar-refractivity contribution in [3.8, 4) is 0 Å². The van der Waals surface area contributed by atoms with E-state index in [4.69, 9.17) is 16.3 Å². The zero-order chi connectivity index (χ0) is 23.8. The Morgan fingerprint density at radius 3 is 2.68 bits per heavy atom. The summed E-state index contributed by atoms with van der Waals surface area (Å²) in [5.41, 5.74) is 1.01. The number of likely N-dealkylation sites (tertiary alicyclic amines) is 1. The molecule has 0 spiro atoms. The van der Waals surface area contributed by atoms with Crippen molar-refractivity contribution in [1.82, 2.24) is 19.4 Å². The summed E-state index contributed by atoms with van der Waals surface area (Å²) in [6.45, 7) is 8.78. The summed E-state index contributed by atoms with van der Waals surface area (Å²) in [7, 11) is 0. The van der Waals surface area contributed by atoms with Crippen molar-refractivity contribution in [3.05, 3.63) is 59.2 Å². The van der Waals surface area contributed by atoms with E-state index in [9.17, 15) is 9.59 Å². The summed E-state index contributed by atoms with van der Waals surface area (Å²) < 4.78 is 7.47. The van der Waals surface area contributed by atoms with E-state index in [1.54, 1.807) is 29.3 Å². The zero-order valence-corrected chi connectivity index (χ0v) is 20.2. The highest BCUT2D eigenvalue weighted by Gasteiger charge is 2.38. The molecule has 2 saturated heterocycles. The molecule has 1 aromatic heterocycles. The monoisotopic (exact) mass is 483 g/mol. The third-order valence-corrected chi connectivity index (χ3v) is 7.49. The molecule has 1 aromatic carbocycles. The molecule has 0 bridgehead atoms. The molecule has 1 unspecified atom stereocenters. The van der Waals surface area contributed by atoms with E-state index in [2.05, 4.69) is 22.1 Å². The molecule has 4 atom stereocenters. The lowest BCUT2D eigenvalue weighted by Gasteiger charge is -2.32. The van der Waals surface area contributed by atoms with Gasteiger partial charge in [0.05, 0.1) is 42.7 Å². The number of halogens is 1. The van der Waals surface area contributed by atoms with Gasteiger partial charge in [-0.3, -0.25) is 14.5 Å². The van der Waals surface area contributed by atoms with Crippen LogP contribution in [-0.4, -0.2) is 70.1 Å². The molecule has 3 aliphatic rings. The third-order valence-electron chi connectivity index (χ3n) is 7.16. The maximum atomic E-state index is 13.0. The molecule has 0 saturated carbocycles. The zero-order valence-electron chi connectivity index (χ0n) is 19.5. The van der Waals surface area contributed by atoms with Gasteiger partial charge in [-0.25, -0.2) is 4.98 Å². The van der Waals surface area contributed by atoms with Gasteiger partial charge >= 0.3 is 0 Å². The Bertz CT molecular complexity index is 1100. The number of rotatable bonds is 5. The number of amides is 2. The molecule has 9 heteroatoms. The minimum atomic E-state index is -0.270. The smallest absolute Gasteiger partial charge is 0.273 e. The Kier molecular flexibility index (Phi) is 6.46. The molecule has 0 aliphatic carbocycles. The minimum absolute atomic E-state index is 0.0299. The first-order chi connectivity index (χ1) is 16.4. The van der Waals surface area contributed by atoms with Gasteiger partial charge in [0.15, 0.2) is 0 Å². The predicted octanol–water partition coefficient (Wildman–Crippen LogP) is 3.21. The number of ether oxygens (including phenoxy) is 1. The van der Waals surface area contributed by atoms with E-state index in [0.29, 0.717) is 47.2 Å². The van der Waals surface area contributed by atoms with E-state index >= 15 is 0 Å². The molecular formula is C25H30ClN5O3. The minimum Gasteiger partial charge on any atom is -0.381 e. The molecule has 0 radical (unpaired) electrons. The number of anilines is 1. The second-order valence-electron chi connectivity index (χ2n) is 9.54. The Hall–Kier alpha value is -2.68. The van der Waals surface area contributed by atoms with Crippen LogP contribution in [0.5, 0.6) is 0 Å². The van der Waals surface area contributed by atoms with E-state index < -0.39 is 0 Å². The number of carbonyl (C=O) groups is 2. The second kappa shape index (κ2) is 9.52. The van der Waals surface area contributed by atoms with E-state index in [1.165, 1.54) is 0 Å². The number of para-hydroxylation sites is 1. The second-order valence-corrected chi connectivity index (χ2v) is 9.95. The molecule has 180 valence electrons. The number of aromatic nitrogens is 2. The Morgan fingerprint density at radius 2 is 1.94 bits per heavy atom. The highest BCUT2D eigenvalue weighted by Crippen LogP contribution is 2.30. The Balaban J connectivity index is 1.22. The summed E-state index contributed by atoms with van der Waals surface area (Å²) in [6, 6.07) is 7.25. The van der Waals surface area contributed by atoms with Crippen molar-refractivity contribution in [2.45, 2.75) is 32.5 Å². The Labute approximate surface area is 204 Å². The van der Waals surface area contributed by atoms with Gasteiger partial charge in [-0.2, -0.15) is 0 Å². The first-order valence-electron chi connectivity index (χ1n) is 11.8. The van der Waals surface area contributed by atoms with Gasteiger partial charge in [-0.05, 0) is 26.0 Å². The average Bonchev–Trinajstić information content (AvgIpc) is 3.53. The highest BCUT2D eigenvalue weighted by molar-refractivity contribution is 6.33. The molecule has 34 heavy (non-hydrogen) atoms. The van der Waals surface area contributed by atoms with Crippen LogP contribution in [0.2, 0.25) is 5.02 Å². The van der Waals surface area contributed by atoms with E-state index in [1.807, 2.05) is 29.7 Å². The fraction of sp³-hybridized carbons (Fsp3) is 0.480. The van der Waals surface area contributed by atoms with Gasteiger partial charge in [0.25, 0.3) is 5.91 Å². The number of hydrogen-bond donors (Lipinski definition) is 1. The molecule has 5 rings (SSSR count). The van der Waals surface area contributed by atoms with Gasteiger partial charge in [-0.1, -0.05) is 29.8 Å².